The number of halogens is 2. The van der Waals surface area contributed by atoms with Gasteiger partial charge in [0, 0.05) is 45.5 Å². The van der Waals surface area contributed by atoms with Crippen LogP contribution in [0.3, 0.4) is 0 Å². The first-order valence-corrected chi connectivity index (χ1v) is 10.6. The SMILES string of the molecule is CC1CCCCC1NC(=NCC(=O)N(C)C)NC1CCN(c2ncccc2F)C1.I. The number of hydrogen-bond donors (Lipinski definition) is 2. The monoisotopic (exact) mass is 532 g/mol. The van der Waals surface area contributed by atoms with Crippen molar-refractivity contribution < 1.29 is 9.18 Å². The Balaban J connectivity index is 0.00000320. The van der Waals surface area contributed by atoms with Crippen molar-refractivity contribution in [2.75, 3.05) is 38.6 Å². The number of hydrogen-bond acceptors (Lipinski definition) is 4. The van der Waals surface area contributed by atoms with Crippen LogP contribution in [0.15, 0.2) is 23.3 Å². The number of carbonyl (C=O) groups excluding carboxylic acids is 1. The van der Waals surface area contributed by atoms with Crippen molar-refractivity contribution in [1.82, 2.24) is 20.5 Å². The first kappa shape index (κ1) is 24.6. The number of nitrogens with zero attached hydrogens (tertiary/aromatic N) is 4. The zero-order valence-electron chi connectivity index (χ0n) is 18.1. The smallest absolute Gasteiger partial charge is 0.243 e. The summed E-state index contributed by atoms with van der Waals surface area (Å²) in [5, 5.41) is 7.03. The molecule has 7 nitrogen and oxygen atoms in total. The van der Waals surface area contributed by atoms with E-state index in [0.717, 1.165) is 19.4 Å². The van der Waals surface area contributed by atoms with Gasteiger partial charge in [-0.2, -0.15) is 0 Å². The molecule has 9 heteroatoms. The molecule has 1 saturated heterocycles. The molecule has 1 aliphatic carbocycles. The van der Waals surface area contributed by atoms with Crippen LogP contribution in [0, 0.1) is 11.7 Å². The van der Waals surface area contributed by atoms with E-state index in [4.69, 9.17) is 0 Å². The van der Waals surface area contributed by atoms with Gasteiger partial charge in [0.2, 0.25) is 5.91 Å². The molecule has 168 valence electrons. The van der Waals surface area contributed by atoms with E-state index in [1.807, 2.05) is 4.90 Å². The molecule has 0 radical (unpaired) electrons. The highest BCUT2D eigenvalue weighted by Gasteiger charge is 2.28. The van der Waals surface area contributed by atoms with E-state index in [9.17, 15) is 9.18 Å². The number of likely N-dealkylation sites (N-methyl/N-ethyl adjacent to an activating group) is 1. The van der Waals surface area contributed by atoms with E-state index >= 15 is 0 Å². The maximum atomic E-state index is 14.1. The fourth-order valence-electron chi connectivity index (χ4n) is 4.00. The summed E-state index contributed by atoms with van der Waals surface area (Å²) in [6, 6.07) is 3.52. The molecule has 3 rings (SSSR count). The zero-order valence-corrected chi connectivity index (χ0v) is 20.4. The van der Waals surface area contributed by atoms with E-state index in [2.05, 4.69) is 27.5 Å². The number of anilines is 1. The van der Waals surface area contributed by atoms with Crippen molar-refractivity contribution in [2.24, 2.45) is 10.9 Å². The largest absolute Gasteiger partial charge is 0.353 e. The van der Waals surface area contributed by atoms with Crippen molar-refractivity contribution in [3.63, 3.8) is 0 Å². The number of pyridine rings is 1. The van der Waals surface area contributed by atoms with Crippen LogP contribution >= 0.6 is 24.0 Å². The molecule has 2 heterocycles. The summed E-state index contributed by atoms with van der Waals surface area (Å²) in [4.78, 5) is 24.3. The molecule has 0 spiro atoms. The first-order chi connectivity index (χ1) is 13.9. The molecule has 3 atom stereocenters. The number of aromatic nitrogens is 1. The van der Waals surface area contributed by atoms with Gasteiger partial charge < -0.3 is 20.4 Å². The molecule has 1 saturated carbocycles. The van der Waals surface area contributed by atoms with Gasteiger partial charge in [-0.25, -0.2) is 14.4 Å². The van der Waals surface area contributed by atoms with Gasteiger partial charge in [0.25, 0.3) is 0 Å². The predicted octanol–water partition coefficient (Wildman–Crippen LogP) is 2.62. The molecule has 0 aromatic carbocycles. The normalized spacial score (nSPS) is 24.2. The third-order valence-corrected chi connectivity index (χ3v) is 5.87. The zero-order chi connectivity index (χ0) is 20.8. The van der Waals surface area contributed by atoms with E-state index in [1.54, 1.807) is 31.3 Å². The highest BCUT2D eigenvalue weighted by Crippen LogP contribution is 2.24. The van der Waals surface area contributed by atoms with Gasteiger partial charge in [-0.1, -0.05) is 19.8 Å². The Morgan fingerprint density at radius 2 is 2.07 bits per heavy atom. The Labute approximate surface area is 195 Å². The Bertz CT molecular complexity index is 731. The predicted molar refractivity (Wildman–Crippen MR) is 129 cm³/mol. The standard InChI is InChI=1S/C21H33FN6O.HI/c1-15-7-4-5-9-18(15)26-21(24-13-19(29)27(2)3)25-16-10-12-28(14-16)20-17(22)8-6-11-23-20;/h6,8,11,15-16,18H,4-5,7,9-10,12-14H2,1-3H3,(H2,24,25,26);1H. The number of carbonyl (C=O) groups is 1. The summed E-state index contributed by atoms with van der Waals surface area (Å²) in [6.45, 7) is 3.75. The van der Waals surface area contributed by atoms with Gasteiger partial charge in [0.05, 0.1) is 0 Å². The second kappa shape index (κ2) is 11.7. The molecule has 2 N–H and O–H groups in total. The molecular weight excluding hydrogens is 498 g/mol. The van der Waals surface area contributed by atoms with E-state index in [0.29, 0.717) is 30.3 Å². The van der Waals surface area contributed by atoms with Crippen molar-refractivity contribution in [3.05, 3.63) is 24.1 Å². The van der Waals surface area contributed by atoms with Gasteiger partial charge >= 0.3 is 0 Å². The highest BCUT2D eigenvalue weighted by atomic mass is 127. The molecule has 1 aromatic heterocycles. The second-order valence-corrected chi connectivity index (χ2v) is 8.35. The Morgan fingerprint density at radius 3 is 2.77 bits per heavy atom. The van der Waals surface area contributed by atoms with Crippen LogP contribution in [0.1, 0.15) is 39.0 Å². The van der Waals surface area contributed by atoms with Crippen molar-refractivity contribution >= 4 is 41.7 Å². The Hall–Kier alpha value is -1.65. The van der Waals surface area contributed by atoms with Crippen LogP contribution in [0.5, 0.6) is 0 Å². The second-order valence-electron chi connectivity index (χ2n) is 8.35. The summed E-state index contributed by atoms with van der Waals surface area (Å²) in [5.41, 5.74) is 0. The lowest BCUT2D eigenvalue weighted by Crippen LogP contribution is -2.51. The van der Waals surface area contributed by atoms with E-state index < -0.39 is 0 Å². The lowest BCUT2D eigenvalue weighted by Gasteiger charge is -2.31. The van der Waals surface area contributed by atoms with Gasteiger partial charge in [0.15, 0.2) is 17.6 Å². The molecule has 3 unspecified atom stereocenters. The average molecular weight is 532 g/mol. The topological polar surface area (TPSA) is 72.9 Å². The molecule has 1 aromatic rings. The first-order valence-electron chi connectivity index (χ1n) is 10.6. The lowest BCUT2D eigenvalue weighted by molar-refractivity contribution is -0.127. The molecule has 1 aliphatic heterocycles. The highest BCUT2D eigenvalue weighted by molar-refractivity contribution is 14.0. The van der Waals surface area contributed by atoms with Crippen LogP contribution < -0.4 is 15.5 Å². The minimum absolute atomic E-state index is 0. The summed E-state index contributed by atoms with van der Waals surface area (Å²) in [6.07, 6.45) is 7.27. The fraction of sp³-hybridized carbons (Fsp3) is 0.667. The summed E-state index contributed by atoms with van der Waals surface area (Å²) in [7, 11) is 3.47. The Morgan fingerprint density at radius 1 is 1.30 bits per heavy atom. The van der Waals surface area contributed by atoms with Gasteiger partial charge in [0.1, 0.15) is 6.54 Å². The molecule has 2 fully saturated rings. The number of rotatable bonds is 5. The molecule has 30 heavy (non-hydrogen) atoms. The van der Waals surface area contributed by atoms with Crippen molar-refractivity contribution in [1.29, 1.82) is 0 Å². The quantitative estimate of drug-likeness (QED) is 0.347. The number of nitrogens with one attached hydrogen (secondary N) is 2. The fourth-order valence-corrected chi connectivity index (χ4v) is 4.00. The summed E-state index contributed by atoms with van der Waals surface area (Å²) >= 11 is 0. The van der Waals surface area contributed by atoms with Crippen LogP contribution in [-0.2, 0) is 4.79 Å². The lowest BCUT2D eigenvalue weighted by atomic mass is 9.86. The van der Waals surface area contributed by atoms with Crippen LogP contribution in [0.2, 0.25) is 0 Å². The van der Waals surface area contributed by atoms with Gasteiger partial charge in [-0.15, -0.1) is 24.0 Å². The minimum Gasteiger partial charge on any atom is -0.353 e. The third-order valence-electron chi connectivity index (χ3n) is 5.87. The van der Waals surface area contributed by atoms with Crippen molar-refractivity contribution in [2.45, 2.75) is 51.1 Å². The van der Waals surface area contributed by atoms with Crippen LogP contribution in [-0.4, -0.2) is 67.6 Å². The average Bonchev–Trinajstić information content (AvgIpc) is 3.16. The van der Waals surface area contributed by atoms with E-state index in [-0.39, 0.29) is 48.3 Å². The van der Waals surface area contributed by atoms with Crippen molar-refractivity contribution in [3.8, 4) is 0 Å². The molecule has 1 amide bonds. The summed E-state index contributed by atoms with van der Waals surface area (Å²) < 4.78 is 14.1. The summed E-state index contributed by atoms with van der Waals surface area (Å²) in [5.74, 6) is 1.31. The van der Waals surface area contributed by atoms with Crippen LogP contribution in [0.4, 0.5) is 10.2 Å². The third kappa shape index (κ3) is 6.68. The van der Waals surface area contributed by atoms with Gasteiger partial charge in [-0.05, 0) is 37.3 Å². The molecular formula is C21H34FIN6O. The number of guanidine groups is 1. The number of aliphatic imine (C=N–C) groups is 1. The van der Waals surface area contributed by atoms with Gasteiger partial charge in [-0.3, -0.25) is 4.79 Å². The maximum absolute atomic E-state index is 14.1. The number of amides is 1. The Kier molecular flexibility index (Phi) is 9.57. The van der Waals surface area contributed by atoms with Crippen LogP contribution in [0.25, 0.3) is 0 Å². The molecule has 0 bridgehead atoms. The van der Waals surface area contributed by atoms with E-state index in [1.165, 1.54) is 25.3 Å². The maximum Gasteiger partial charge on any atom is 0.243 e. The minimum atomic E-state index is -0.298. The molecule has 2 aliphatic rings.